The first kappa shape index (κ1) is 22.1. The van der Waals surface area contributed by atoms with Gasteiger partial charge in [-0.1, -0.05) is 23.6 Å². The van der Waals surface area contributed by atoms with Crippen LogP contribution in [0.25, 0.3) is 4.85 Å². The summed E-state index contributed by atoms with van der Waals surface area (Å²) in [6.45, 7) is 11.9. The highest BCUT2D eigenvalue weighted by Gasteiger charge is 2.56. The standard InChI is InChI=1S/C20H25INO4S/c1-13(2)20(22-3,12-14-5-8-16(25-4)9-6-14)17-11-15(23)7-10-18(17)26-19(24)27-21/h3,5-6,8-9,15,17-18,23H,1,7,10-12H2,2,4H3/q+1/t15-,17-,18-,20?/m0/s1. The van der Waals surface area contributed by atoms with Crippen molar-refractivity contribution >= 4 is 35.4 Å². The van der Waals surface area contributed by atoms with Gasteiger partial charge in [0, 0.05) is 35.7 Å². The highest BCUT2D eigenvalue weighted by molar-refractivity contribution is 14.2. The van der Waals surface area contributed by atoms with E-state index in [9.17, 15) is 9.90 Å². The summed E-state index contributed by atoms with van der Waals surface area (Å²) in [4.78, 5) is 16.2. The zero-order valence-corrected chi connectivity index (χ0v) is 18.5. The van der Waals surface area contributed by atoms with Crippen LogP contribution in [0.4, 0.5) is 4.79 Å². The second-order valence-corrected chi connectivity index (χ2v) is 8.72. The first-order chi connectivity index (χ1) is 12.9. The Bertz CT molecular complexity index is 718. The minimum atomic E-state index is -0.836. The predicted molar refractivity (Wildman–Crippen MR) is 118 cm³/mol. The molecule has 7 heteroatoms. The number of methoxy groups -OCH3 is 1. The molecule has 0 aromatic heterocycles. The maximum Gasteiger partial charge on any atom is 0.377 e. The van der Waals surface area contributed by atoms with Crippen molar-refractivity contribution in [3.63, 3.8) is 0 Å². The maximum atomic E-state index is 11.9. The molecule has 0 spiro atoms. The molecule has 2 rings (SSSR count). The molecule has 0 heterocycles. The van der Waals surface area contributed by atoms with E-state index >= 15 is 0 Å². The number of halogens is 1. The van der Waals surface area contributed by atoms with Crippen LogP contribution in [-0.2, 0) is 11.2 Å². The third kappa shape index (κ3) is 5.18. The molecule has 0 bridgehead atoms. The lowest BCUT2D eigenvalue weighted by Gasteiger charge is -2.38. The Kier molecular flexibility index (Phi) is 8.01. The minimum absolute atomic E-state index is 0.252. The van der Waals surface area contributed by atoms with E-state index in [0.717, 1.165) is 25.8 Å². The van der Waals surface area contributed by atoms with Crippen molar-refractivity contribution in [2.45, 2.75) is 50.4 Å². The monoisotopic (exact) mass is 502 g/mol. The number of rotatable bonds is 6. The second kappa shape index (κ2) is 9.80. The summed E-state index contributed by atoms with van der Waals surface area (Å²) in [5, 5.41) is 9.94. The topological polar surface area (TPSA) is 60.1 Å². The maximum absolute atomic E-state index is 11.9. The van der Waals surface area contributed by atoms with E-state index in [0.29, 0.717) is 25.7 Å². The van der Waals surface area contributed by atoms with Crippen molar-refractivity contribution in [3.05, 3.63) is 46.8 Å². The number of aliphatic hydroxyl groups is 1. The molecule has 1 N–H and O–H groups in total. The second-order valence-electron chi connectivity index (χ2n) is 6.92. The Labute approximate surface area is 176 Å². The molecule has 27 heavy (non-hydrogen) atoms. The van der Waals surface area contributed by atoms with Crippen molar-refractivity contribution in [2.24, 2.45) is 5.92 Å². The third-order valence-electron chi connectivity index (χ3n) is 5.29. The molecule has 0 amide bonds. The lowest BCUT2D eigenvalue weighted by molar-refractivity contribution is -0.0138. The first-order valence-corrected chi connectivity index (χ1v) is 12.1. The third-order valence-corrected chi connectivity index (χ3v) is 6.59. The van der Waals surface area contributed by atoms with Crippen molar-refractivity contribution in [3.8, 4) is 12.3 Å². The van der Waals surface area contributed by atoms with Gasteiger partial charge in [0.05, 0.1) is 25.6 Å². The molecule has 0 saturated heterocycles. The highest BCUT2D eigenvalue weighted by atomic mass is 127. The van der Waals surface area contributed by atoms with Crippen LogP contribution in [-0.4, -0.2) is 35.3 Å². The number of hydrogen-bond donors (Lipinski definition) is 1. The van der Waals surface area contributed by atoms with Crippen LogP contribution in [0.3, 0.4) is 0 Å². The van der Waals surface area contributed by atoms with Gasteiger partial charge in [-0.15, -0.1) is 0 Å². The zero-order valence-electron chi connectivity index (χ0n) is 15.6. The van der Waals surface area contributed by atoms with Gasteiger partial charge in [-0.3, -0.25) is 0 Å². The normalized spacial score (nSPS) is 24.3. The lowest BCUT2D eigenvalue weighted by Crippen LogP contribution is -2.49. The smallest absolute Gasteiger partial charge is 0.377 e. The van der Waals surface area contributed by atoms with Crippen LogP contribution in [0, 0.1) is 12.5 Å². The molecule has 1 aromatic rings. The average Bonchev–Trinajstić information content (AvgIpc) is 2.67. The summed E-state index contributed by atoms with van der Waals surface area (Å²) in [5.41, 5.74) is 0.959. The highest BCUT2D eigenvalue weighted by Crippen LogP contribution is 2.44. The fourth-order valence-electron chi connectivity index (χ4n) is 3.81. The largest absolute Gasteiger partial charge is 0.497 e. The van der Waals surface area contributed by atoms with Gasteiger partial charge in [0.2, 0.25) is 0 Å². The predicted octanol–water partition coefficient (Wildman–Crippen LogP) is 5.26. The molecule has 4 atom stereocenters. The van der Waals surface area contributed by atoms with Crippen LogP contribution in [0.15, 0.2) is 36.4 Å². The number of hydrogen-bond acceptors (Lipinski definition) is 5. The lowest BCUT2D eigenvalue weighted by atomic mass is 9.67. The summed E-state index contributed by atoms with van der Waals surface area (Å²) in [6, 6.07) is 7.69. The van der Waals surface area contributed by atoms with Crippen LogP contribution < -0.4 is 4.74 Å². The number of benzene rings is 1. The van der Waals surface area contributed by atoms with Gasteiger partial charge in [-0.25, -0.2) is 4.79 Å². The Balaban J connectivity index is 2.39. The molecule has 5 nitrogen and oxygen atoms in total. The molecule has 1 aromatic carbocycles. The number of carbonyl (C=O) groups excluding carboxylic acids is 1. The molecule has 1 saturated carbocycles. The molecule has 1 fully saturated rings. The van der Waals surface area contributed by atoms with E-state index in [4.69, 9.17) is 16.0 Å². The van der Waals surface area contributed by atoms with Gasteiger partial charge in [0.25, 0.3) is 6.57 Å². The van der Waals surface area contributed by atoms with Crippen molar-refractivity contribution < 1.29 is 19.4 Å². The van der Waals surface area contributed by atoms with Gasteiger partial charge < -0.3 is 14.6 Å². The van der Waals surface area contributed by atoms with Crippen LogP contribution in [0.1, 0.15) is 31.7 Å². The summed E-state index contributed by atoms with van der Waals surface area (Å²) in [7, 11) is 2.63. The Morgan fingerprint density at radius 2 is 2.11 bits per heavy atom. The van der Waals surface area contributed by atoms with Crippen molar-refractivity contribution in [2.75, 3.05) is 7.11 Å². The fraction of sp³-hybridized carbons (Fsp3) is 0.500. The Morgan fingerprint density at radius 3 is 2.63 bits per heavy atom. The van der Waals surface area contributed by atoms with Gasteiger partial charge in [0.1, 0.15) is 11.9 Å². The van der Waals surface area contributed by atoms with Crippen LogP contribution >= 0.6 is 30.1 Å². The molecular weight excluding hydrogens is 477 g/mol. The van der Waals surface area contributed by atoms with Crippen molar-refractivity contribution in [1.29, 1.82) is 0 Å². The number of nitrogens with zero attached hydrogens (tertiary/aromatic N) is 1. The van der Waals surface area contributed by atoms with E-state index in [1.54, 1.807) is 7.11 Å². The first-order valence-electron chi connectivity index (χ1n) is 8.74. The van der Waals surface area contributed by atoms with Gasteiger partial charge in [-0.2, -0.15) is 0 Å². The van der Waals surface area contributed by atoms with Gasteiger partial charge in [0.15, 0.2) is 0 Å². The fourth-order valence-corrected chi connectivity index (χ4v) is 4.28. The minimum Gasteiger partial charge on any atom is -0.497 e. The SMILES string of the molecule is C#[N+]C(Cc1ccc(OC)cc1)(C(=C)C)[C@H]1C[C@@H](O)CC[C@@H]1OC(=O)SI. The number of aliphatic hydroxyl groups excluding tert-OH is 1. The molecule has 1 unspecified atom stereocenters. The zero-order chi connectivity index (χ0) is 20.0. The number of ether oxygens (including phenoxy) is 2. The van der Waals surface area contributed by atoms with Crippen LogP contribution in [0.2, 0.25) is 0 Å². The van der Waals surface area contributed by atoms with E-state index in [2.05, 4.69) is 11.4 Å². The van der Waals surface area contributed by atoms with E-state index in [1.165, 1.54) is 0 Å². The van der Waals surface area contributed by atoms with Gasteiger partial charge >= 0.3 is 10.8 Å². The molecule has 0 radical (unpaired) electrons. The summed E-state index contributed by atoms with van der Waals surface area (Å²) >= 11 is 1.90. The molecule has 0 aliphatic heterocycles. The summed E-state index contributed by atoms with van der Waals surface area (Å²) in [6.07, 6.45) is 1.26. The van der Waals surface area contributed by atoms with E-state index in [-0.39, 0.29) is 17.3 Å². The molecular formula is C20H25INO4S+. The van der Waals surface area contributed by atoms with Crippen molar-refractivity contribution in [1.82, 2.24) is 0 Å². The summed E-state index contributed by atoms with van der Waals surface area (Å²) < 4.78 is 10.9. The van der Waals surface area contributed by atoms with Gasteiger partial charge in [-0.05, 0) is 43.9 Å². The molecule has 1 aliphatic carbocycles. The Hall–Kier alpha value is -1.24. The van der Waals surface area contributed by atoms with E-state index < -0.39 is 11.6 Å². The van der Waals surface area contributed by atoms with Crippen LogP contribution in [0.5, 0.6) is 5.75 Å². The molecule has 146 valence electrons. The molecule has 1 aliphatic rings. The quantitative estimate of drug-likeness (QED) is 0.327. The average molecular weight is 502 g/mol. The summed E-state index contributed by atoms with van der Waals surface area (Å²) in [5.74, 6) is 0.515. The Morgan fingerprint density at radius 1 is 1.44 bits per heavy atom. The van der Waals surface area contributed by atoms with E-state index in [1.807, 2.05) is 52.4 Å². The number of carbonyl (C=O) groups is 1.